The summed E-state index contributed by atoms with van der Waals surface area (Å²) in [6.45, 7) is 1.82. The SMILES string of the molecule is C/N=C(/N)n1nc(-c2ccccn2)nc1C. The third-order valence-electron chi connectivity index (χ3n) is 2.11. The van der Waals surface area contributed by atoms with Crippen LogP contribution in [-0.2, 0) is 0 Å². The molecule has 0 amide bonds. The molecule has 0 spiro atoms. The summed E-state index contributed by atoms with van der Waals surface area (Å²) in [6.07, 6.45) is 1.70. The van der Waals surface area contributed by atoms with Gasteiger partial charge < -0.3 is 5.73 Å². The number of rotatable bonds is 1. The number of aryl methyl sites for hydroxylation is 1. The Morgan fingerprint density at radius 3 is 2.88 bits per heavy atom. The van der Waals surface area contributed by atoms with Gasteiger partial charge in [0.1, 0.15) is 11.5 Å². The zero-order chi connectivity index (χ0) is 11.5. The van der Waals surface area contributed by atoms with Crippen molar-refractivity contribution in [1.29, 1.82) is 0 Å². The first-order valence-electron chi connectivity index (χ1n) is 4.80. The summed E-state index contributed by atoms with van der Waals surface area (Å²) < 4.78 is 1.49. The summed E-state index contributed by atoms with van der Waals surface area (Å²) in [5, 5.41) is 4.24. The van der Waals surface area contributed by atoms with Gasteiger partial charge in [0.2, 0.25) is 11.8 Å². The number of aliphatic imine (C=N–C) groups is 1. The van der Waals surface area contributed by atoms with E-state index in [1.807, 2.05) is 25.1 Å². The molecule has 6 nitrogen and oxygen atoms in total. The molecule has 2 N–H and O–H groups in total. The highest BCUT2D eigenvalue weighted by molar-refractivity contribution is 5.80. The van der Waals surface area contributed by atoms with E-state index in [1.165, 1.54) is 4.68 Å². The Hall–Kier alpha value is -2.24. The molecular formula is C10H12N6. The molecule has 0 aliphatic heterocycles. The molecule has 0 atom stereocenters. The fourth-order valence-corrected chi connectivity index (χ4v) is 1.31. The van der Waals surface area contributed by atoms with E-state index in [-0.39, 0.29) is 0 Å². The molecular weight excluding hydrogens is 204 g/mol. The lowest BCUT2D eigenvalue weighted by Gasteiger charge is -1.98. The first kappa shape index (κ1) is 10.3. The van der Waals surface area contributed by atoms with Crippen LogP contribution in [-0.4, -0.2) is 32.8 Å². The molecule has 0 saturated heterocycles. The van der Waals surface area contributed by atoms with Gasteiger partial charge in [-0.1, -0.05) is 6.07 Å². The van der Waals surface area contributed by atoms with E-state index in [2.05, 4.69) is 20.1 Å². The van der Waals surface area contributed by atoms with Crippen molar-refractivity contribution >= 4 is 5.96 Å². The first-order valence-corrected chi connectivity index (χ1v) is 4.80. The fourth-order valence-electron chi connectivity index (χ4n) is 1.31. The minimum atomic E-state index is 0.312. The average molecular weight is 216 g/mol. The Morgan fingerprint density at radius 2 is 2.25 bits per heavy atom. The van der Waals surface area contributed by atoms with Crippen LogP contribution in [0.5, 0.6) is 0 Å². The summed E-state index contributed by atoms with van der Waals surface area (Å²) in [5.41, 5.74) is 6.39. The highest BCUT2D eigenvalue weighted by atomic mass is 15.4. The molecule has 0 aliphatic rings. The van der Waals surface area contributed by atoms with Gasteiger partial charge in [0.15, 0.2) is 0 Å². The van der Waals surface area contributed by atoms with Gasteiger partial charge in [0.05, 0.1) is 0 Å². The van der Waals surface area contributed by atoms with Crippen LogP contribution in [0.1, 0.15) is 5.82 Å². The largest absolute Gasteiger partial charge is 0.368 e. The van der Waals surface area contributed by atoms with Gasteiger partial charge in [-0.15, -0.1) is 5.10 Å². The highest BCUT2D eigenvalue weighted by Crippen LogP contribution is 2.11. The number of aromatic nitrogens is 4. The molecule has 6 heteroatoms. The van der Waals surface area contributed by atoms with Crippen LogP contribution in [0.25, 0.3) is 11.5 Å². The smallest absolute Gasteiger partial charge is 0.218 e. The maximum Gasteiger partial charge on any atom is 0.218 e. The third-order valence-corrected chi connectivity index (χ3v) is 2.11. The zero-order valence-corrected chi connectivity index (χ0v) is 9.12. The number of nitrogens with two attached hydrogens (primary N) is 1. The van der Waals surface area contributed by atoms with Crippen molar-refractivity contribution in [2.75, 3.05) is 7.05 Å². The molecule has 0 saturated carbocycles. The molecule has 82 valence electrons. The van der Waals surface area contributed by atoms with Crippen molar-refractivity contribution in [3.8, 4) is 11.5 Å². The van der Waals surface area contributed by atoms with Crippen molar-refractivity contribution < 1.29 is 0 Å². The predicted molar refractivity (Wildman–Crippen MR) is 60.9 cm³/mol. The van der Waals surface area contributed by atoms with Gasteiger partial charge in [0.25, 0.3) is 0 Å². The lowest BCUT2D eigenvalue weighted by Crippen LogP contribution is -2.24. The van der Waals surface area contributed by atoms with Gasteiger partial charge in [-0.2, -0.15) is 4.68 Å². The molecule has 2 aromatic heterocycles. The first-order chi connectivity index (χ1) is 7.72. The van der Waals surface area contributed by atoms with Crippen molar-refractivity contribution in [3.05, 3.63) is 30.2 Å². The third kappa shape index (κ3) is 1.77. The van der Waals surface area contributed by atoms with Gasteiger partial charge >= 0.3 is 0 Å². The summed E-state index contributed by atoms with van der Waals surface area (Å²) in [6, 6.07) is 5.57. The molecule has 0 aromatic carbocycles. The molecule has 2 aromatic rings. The van der Waals surface area contributed by atoms with E-state index in [0.717, 1.165) is 0 Å². The number of pyridine rings is 1. The molecule has 0 unspecified atom stereocenters. The Kier molecular flexibility index (Phi) is 2.63. The minimum Gasteiger partial charge on any atom is -0.368 e. The van der Waals surface area contributed by atoms with E-state index < -0.39 is 0 Å². The van der Waals surface area contributed by atoms with Crippen LogP contribution in [0.4, 0.5) is 0 Å². The second-order valence-corrected chi connectivity index (χ2v) is 3.19. The molecule has 0 bridgehead atoms. The lowest BCUT2D eigenvalue weighted by molar-refractivity contribution is 0.876. The van der Waals surface area contributed by atoms with E-state index in [9.17, 15) is 0 Å². The van der Waals surface area contributed by atoms with Gasteiger partial charge in [-0.25, -0.2) is 4.98 Å². The number of nitrogens with zero attached hydrogens (tertiary/aromatic N) is 5. The topological polar surface area (TPSA) is 82.0 Å². The lowest BCUT2D eigenvalue weighted by atomic mass is 10.3. The Morgan fingerprint density at radius 1 is 1.44 bits per heavy atom. The van der Waals surface area contributed by atoms with Crippen molar-refractivity contribution in [3.63, 3.8) is 0 Å². The Bertz CT molecular complexity index is 513. The molecule has 0 radical (unpaired) electrons. The fraction of sp³-hybridized carbons (Fsp3) is 0.200. The second kappa shape index (κ2) is 4.09. The second-order valence-electron chi connectivity index (χ2n) is 3.19. The summed E-state index contributed by atoms with van der Waals surface area (Å²) in [5.74, 6) is 1.54. The normalized spacial score (nSPS) is 11.8. The van der Waals surface area contributed by atoms with Gasteiger partial charge in [0, 0.05) is 13.2 Å². The maximum absolute atomic E-state index is 5.68. The van der Waals surface area contributed by atoms with E-state index in [1.54, 1.807) is 13.2 Å². The van der Waals surface area contributed by atoms with E-state index in [4.69, 9.17) is 5.73 Å². The standard InChI is InChI=1S/C10H12N6/c1-7-14-9(8-5-3-4-6-13-8)15-16(7)10(11)12-2/h3-6H,1-2H3,(H2,11,12). The van der Waals surface area contributed by atoms with Crippen LogP contribution in [0.3, 0.4) is 0 Å². The Labute approximate surface area is 92.9 Å². The van der Waals surface area contributed by atoms with E-state index >= 15 is 0 Å². The number of hydrogen-bond acceptors (Lipinski definition) is 4. The molecule has 0 aliphatic carbocycles. The van der Waals surface area contributed by atoms with Crippen LogP contribution in [0.2, 0.25) is 0 Å². The Balaban J connectivity index is 2.46. The molecule has 16 heavy (non-hydrogen) atoms. The van der Waals surface area contributed by atoms with Crippen LogP contribution < -0.4 is 5.73 Å². The van der Waals surface area contributed by atoms with E-state index in [0.29, 0.717) is 23.3 Å². The van der Waals surface area contributed by atoms with Crippen molar-refractivity contribution in [2.24, 2.45) is 10.7 Å². The number of hydrogen-bond donors (Lipinski definition) is 1. The molecule has 2 rings (SSSR count). The predicted octanol–water partition coefficient (Wildman–Crippen LogP) is 0.441. The van der Waals surface area contributed by atoms with Crippen LogP contribution >= 0.6 is 0 Å². The van der Waals surface area contributed by atoms with Crippen LogP contribution in [0, 0.1) is 6.92 Å². The highest BCUT2D eigenvalue weighted by Gasteiger charge is 2.10. The molecule has 0 fully saturated rings. The summed E-state index contributed by atoms with van der Waals surface area (Å²) in [4.78, 5) is 12.3. The quantitative estimate of drug-likeness (QED) is 0.554. The average Bonchev–Trinajstić information content (AvgIpc) is 2.71. The van der Waals surface area contributed by atoms with Crippen molar-refractivity contribution in [2.45, 2.75) is 6.92 Å². The van der Waals surface area contributed by atoms with Gasteiger partial charge in [-0.05, 0) is 19.1 Å². The van der Waals surface area contributed by atoms with Gasteiger partial charge in [-0.3, -0.25) is 9.98 Å². The molecule has 2 heterocycles. The van der Waals surface area contributed by atoms with Crippen LogP contribution in [0.15, 0.2) is 29.4 Å². The monoisotopic (exact) mass is 216 g/mol. The maximum atomic E-state index is 5.68. The minimum absolute atomic E-state index is 0.312. The summed E-state index contributed by atoms with van der Waals surface area (Å²) in [7, 11) is 1.61. The zero-order valence-electron chi connectivity index (χ0n) is 9.12. The van der Waals surface area contributed by atoms with Crippen molar-refractivity contribution in [1.82, 2.24) is 19.7 Å². The summed E-state index contributed by atoms with van der Waals surface area (Å²) >= 11 is 0.